The number of aliphatic hydroxyl groups is 1. The van der Waals surface area contributed by atoms with E-state index in [4.69, 9.17) is 9.47 Å². The number of nitrogens with zero attached hydrogens (tertiary/aromatic N) is 3. The minimum atomic E-state index is -0.945. The Bertz CT molecular complexity index is 738. The van der Waals surface area contributed by atoms with Crippen LogP contribution in [0.4, 0.5) is 10.5 Å². The molecule has 166 valence electrons. The van der Waals surface area contributed by atoms with Crippen molar-refractivity contribution in [1.82, 2.24) is 9.88 Å². The summed E-state index contributed by atoms with van der Waals surface area (Å²) >= 11 is 0. The molecule has 2 saturated heterocycles. The van der Waals surface area contributed by atoms with Crippen LogP contribution in [0.5, 0.6) is 0 Å². The van der Waals surface area contributed by atoms with E-state index in [1.807, 2.05) is 44.0 Å². The van der Waals surface area contributed by atoms with Crippen LogP contribution < -0.4 is 4.90 Å². The van der Waals surface area contributed by atoms with E-state index in [2.05, 4.69) is 9.88 Å². The summed E-state index contributed by atoms with van der Waals surface area (Å²) in [4.78, 5) is 21.8. The van der Waals surface area contributed by atoms with Crippen molar-refractivity contribution in [3.8, 4) is 0 Å². The van der Waals surface area contributed by atoms with Crippen molar-refractivity contribution in [3.63, 3.8) is 0 Å². The molecule has 1 aliphatic carbocycles. The number of anilines is 1. The van der Waals surface area contributed by atoms with Crippen LogP contribution in [0.3, 0.4) is 0 Å². The summed E-state index contributed by atoms with van der Waals surface area (Å²) in [5.74, 6) is 0.597. The standard InChI is InChI=1S/C23H35N3O4/c1-22(2,3)30-21(27)26(13-17-6-4-7-17)19-8-5-11-25(14-19)18-9-10-20(24-12-18)23(28)15-29-16-23/h9-10,12,17,19,28H,4-8,11,13-16H2,1-3H3/t19-/m1/s1. The van der Waals surface area contributed by atoms with Gasteiger partial charge in [0.15, 0.2) is 5.60 Å². The number of hydrogen-bond acceptors (Lipinski definition) is 6. The van der Waals surface area contributed by atoms with E-state index < -0.39 is 11.2 Å². The first-order valence-corrected chi connectivity index (χ1v) is 11.2. The molecule has 1 aromatic heterocycles. The summed E-state index contributed by atoms with van der Waals surface area (Å²) < 4.78 is 10.9. The van der Waals surface area contributed by atoms with Crippen molar-refractivity contribution >= 4 is 11.8 Å². The van der Waals surface area contributed by atoms with E-state index in [1.54, 1.807) is 0 Å². The fourth-order valence-corrected chi connectivity index (χ4v) is 4.38. The van der Waals surface area contributed by atoms with Crippen molar-refractivity contribution in [2.75, 3.05) is 37.7 Å². The molecule has 30 heavy (non-hydrogen) atoms. The first-order valence-electron chi connectivity index (χ1n) is 11.2. The zero-order chi connectivity index (χ0) is 21.4. The minimum Gasteiger partial charge on any atom is -0.444 e. The first-order chi connectivity index (χ1) is 14.2. The Kier molecular flexibility index (Phi) is 5.95. The number of hydrogen-bond donors (Lipinski definition) is 1. The number of aromatic nitrogens is 1. The van der Waals surface area contributed by atoms with Crippen LogP contribution in [0, 0.1) is 5.92 Å². The molecule has 3 aliphatic rings. The van der Waals surface area contributed by atoms with Crippen molar-refractivity contribution in [3.05, 3.63) is 24.0 Å². The molecule has 3 fully saturated rings. The second kappa shape index (κ2) is 8.35. The summed E-state index contributed by atoms with van der Waals surface area (Å²) in [6.07, 6.45) is 7.32. The van der Waals surface area contributed by atoms with Crippen LogP contribution in [0.15, 0.2) is 18.3 Å². The molecule has 7 nitrogen and oxygen atoms in total. The molecule has 2 aliphatic heterocycles. The maximum atomic E-state index is 13.0. The highest BCUT2D eigenvalue weighted by Gasteiger charge is 2.39. The third-order valence-corrected chi connectivity index (χ3v) is 6.42. The average Bonchev–Trinajstić information content (AvgIpc) is 2.64. The van der Waals surface area contributed by atoms with E-state index >= 15 is 0 Å². The molecule has 0 bridgehead atoms. The van der Waals surface area contributed by atoms with Gasteiger partial charge in [0, 0.05) is 19.6 Å². The van der Waals surface area contributed by atoms with Crippen LogP contribution in [-0.4, -0.2) is 65.6 Å². The molecular weight excluding hydrogens is 382 g/mol. The number of amides is 1. The van der Waals surface area contributed by atoms with Crippen molar-refractivity contribution < 1.29 is 19.4 Å². The van der Waals surface area contributed by atoms with E-state index in [1.165, 1.54) is 19.3 Å². The molecule has 0 radical (unpaired) electrons. The highest BCUT2D eigenvalue weighted by molar-refractivity contribution is 5.69. The molecule has 7 heteroatoms. The summed E-state index contributed by atoms with van der Waals surface area (Å²) in [5.41, 5.74) is 0.250. The Morgan fingerprint density at radius 3 is 2.60 bits per heavy atom. The lowest BCUT2D eigenvalue weighted by atomic mass is 9.84. The highest BCUT2D eigenvalue weighted by atomic mass is 16.6. The van der Waals surface area contributed by atoms with E-state index in [0.717, 1.165) is 38.2 Å². The Morgan fingerprint density at radius 2 is 2.07 bits per heavy atom. The lowest BCUT2D eigenvalue weighted by molar-refractivity contribution is -0.186. The Labute approximate surface area is 179 Å². The van der Waals surface area contributed by atoms with Gasteiger partial charge in [0.2, 0.25) is 0 Å². The molecular formula is C23H35N3O4. The summed E-state index contributed by atoms with van der Waals surface area (Å²) in [6, 6.07) is 4.05. The molecule has 4 rings (SSSR count). The molecule has 0 spiro atoms. The SMILES string of the molecule is CC(C)(C)OC(=O)N(CC1CCC1)[C@@H]1CCCN(c2ccc(C3(O)COC3)nc2)C1. The van der Waals surface area contributed by atoms with E-state index in [-0.39, 0.29) is 12.1 Å². The molecule has 0 aromatic carbocycles. The van der Waals surface area contributed by atoms with Gasteiger partial charge in [0.1, 0.15) is 5.60 Å². The van der Waals surface area contributed by atoms with E-state index in [0.29, 0.717) is 24.8 Å². The van der Waals surface area contributed by atoms with Gasteiger partial charge in [-0.1, -0.05) is 6.42 Å². The van der Waals surface area contributed by atoms with Crippen molar-refractivity contribution in [2.24, 2.45) is 5.92 Å². The second-order valence-corrected chi connectivity index (χ2v) is 10.1. The molecule has 1 aromatic rings. The third kappa shape index (κ3) is 4.72. The van der Waals surface area contributed by atoms with Gasteiger partial charge >= 0.3 is 6.09 Å². The molecule has 1 saturated carbocycles. The van der Waals surface area contributed by atoms with Crippen molar-refractivity contribution in [2.45, 2.75) is 70.1 Å². The number of pyridine rings is 1. The van der Waals surface area contributed by atoms with Crippen LogP contribution >= 0.6 is 0 Å². The maximum absolute atomic E-state index is 13.0. The largest absolute Gasteiger partial charge is 0.444 e. The van der Waals surface area contributed by atoms with Gasteiger partial charge in [-0.3, -0.25) is 4.98 Å². The predicted octanol–water partition coefficient (Wildman–Crippen LogP) is 3.31. The van der Waals surface area contributed by atoms with Crippen LogP contribution in [-0.2, 0) is 15.1 Å². The van der Waals surface area contributed by atoms with Crippen LogP contribution in [0.2, 0.25) is 0 Å². The fraction of sp³-hybridized carbons (Fsp3) is 0.739. The van der Waals surface area contributed by atoms with Gasteiger partial charge in [-0.15, -0.1) is 0 Å². The fourth-order valence-electron chi connectivity index (χ4n) is 4.38. The third-order valence-electron chi connectivity index (χ3n) is 6.42. The maximum Gasteiger partial charge on any atom is 0.410 e. The number of piperidine rings is 1. The van der Waals surface area contributed by atoms with Crippen LogP contribution in [0.25, 0.3) is 0 Å². The topological polar surface area (TPSA) is 75.1 Å². The lowest BCUT2D eigenvalue weighted by Gasteiger charge is -2.43. The second-order valence-electron chi connectivity index (χ2n) is 10.1. The predicted molar refractivity (Wildman–Crippen MR) is 114 cm³/mol. The van der Waals surface area contributed by atoms with E-state index in [9.17, 15) is 9.90 Å². The zero-order valence-corrected chi connectivity index (χ0v) is 18.5. The number of ether oxygens (including phenoxy) is 2. The Morgan fingerprint density at radius 1 is 1.30 bits per heavy atom. The summed E-state index contributed by atoms with van der Waals surface area (Å²) in [5, 5.41) is 10.4. The summed E-state index contributed by atoms with van der Waals surface area (Å²) in [7, 11) is 0. The average molecular weight is 418 g/mol. The quantitative estimate of drug-likeness (QED) is 0.792. The highest BCUT2D eigenvalue weighted by Crippen LogP contribution is 2.32. The number of carbonyl (C=O) groups excluding carboxylic acids is 1. The Hall–Kier alpha value is -1.86. The van der Waals surface area contributed by atoms with Gasteiger partial charge in [0.05, 0.1) is 36.8 Å². The molecule has 1 N–H and O–H groups in total. The van der Waals surface area contributed by atoms with Gasteiger partial charge in [-0.25, -0.2) is 4.79 Å². The minimum absolute atomic E-state index is 0.137. The number of carbonyl (C=O) groups is 1. The lowest BCUT2D eigenvalue weighted by Crippen LogP contribution is -2.53. The van der Waals surface area contributed by atoms with Gasteiger partial charge in [0.25, 0.3) is 0 Å². The monoisotopic (exact) mass is 417 g/mol. The van der Waals surface area contributed by atoms with Crippen LogP contribution in [0.1, 0.15) is 58.6 Å². The van der Waals surface area contributed by atoms with Gasteiger partial charge in [-0.2, -0.15) is 0 Å². The summed E-state index contributed by atoms with van der Waals surface area (Å²) in [6.45, 7) is 8.89. The van der Waals surface area contributed by atoms with Gasteiger partial charge < -0.3 is 24.4 Å². The molecule has 0 unspecified atom stereocenters. The first kappa shape index (κ1) is 21.4. The zero-order valence-electron chi connectivity index (χ0n) is 18.5. The van der Waals surface area contributed by atoms with Crippen molar-refractivity contribution in [1.29, 1.82) is 0 Å². The molecule has 1 atom stereocenters. The Balaban J connectivity index is 1.45. The normalized spacial score (nSPS) is 24.0. The number of rotatable bonds is 5. The molecule has 1 amide bonds. The molecule has 3 heterocycles. The smallest absolute Gasteiger partial charge is 0.410 e. The van der Waals surface area contributed by atoms with Gasteiger partial charge in [-0.05, 0) is 64.5 Å².